The largest absolute Gasteiger partial charge is 0.416 e. The minimum absolute atomic E-state index is 0.0552. The van der Waals surface area contributed by atoms with E-state index in [-0.39, 0.29) is 29.6 Å². The molecule has 1 unspecified atom stereocenters. The average Bonchev–Trinajstić information content (AvgIpc) is 2.56. The third-order valence-corrected chi connectivity index (χ3v) is 3.25. The van der Waals surface area contributed by atoms with E-state index in [2.05, 4.69) is 0 Å². The SMILES string of the molecule is O=C1CC(Cl)CN1c1cc(C(F)(F)F)ccc1Cl. The summed E-state index contributed by atoms with van der Waals surface area (Å²) in [6, 6.07) is 2.88. The van der Waals surface area contributed by atoms with Gasteiger partial charge in [-0.2, -0.15) is 13.2 Å². The molecule has 7 heteroatoms. The first-order chi connectivity index (χ1) is 8.29. The molecule has 0 aromatic heterocycles. The number of halogens is 5. The molecule has 98 valence electrons. The molecule has 2 rings (SSSR count). The summed E-state index contributed by atoms with van der Waals surface area (Å²) in [6.45, 7) is 0.168. The van der Waals surface area contributed by atoms with Gasteiger partial charge >= 0.3 is 6.18 Å². The van der Waals surface area contributed by atoms with Crippen LogP contribution >= 0.6 is 23.2 Å². The fraction of sp³-hybridized carbons (Fsp3) is 0.364. The predicted molar refractivity (Wildman–Crippen MR) is 63.1 cm³/mol. The second-order valence-electron chi connectivity index (χ2n) is 3.97. The molecule has 0 N–H and O–H groups in total. The Morgan fingerprint density at radius 2 is 2.00 bits per heavy atom. The number of carbonyl (C=O) groups is 1. The molecule has 0 saturated carbocycles. The van der Waals surface area contributed by atoms with E-state index < -0.39 is 17.1 Å². The van der Waals surface area contributed by atoms with Gasteiger partial charge in [0, 0.05) is 13.0 Å². The van der Waals surface area contributed by atoms with Crippen molar-refractivity contribution in [2.75, 3.05) is 11.4 Å². The van der Waals surface area contributed by atoms with Crippen molar-refractivity contribution in [3.8, 4) is 0 Å². The number of carbonyl (C=O) groups excluding carboxylic acids is 1. The number of anilines is 1. The van der Waals surface area contributed by atoms with Crippen molar-refractivity contribution in [1.82, 2.24) is 0 Å². The molecule has 1 atom stereocenters. The molecular formula is C11H8Cl2F3NO. The fourth-order valence-electron chi connectivity index (χ4n) is 1.79. The van der Waals surface area contributed by atoms with Crippen LogP contribution in [-0.2, 0) is 11.0 Å². The summed E-state index contributed by atoms with van der Waals surface area (Å²) < 4.78 is 37.8. The Balaban J connectivity index is 2.41. The predicted octanol–water partition coefficient (Wildman–Crippen LogP) is 3.70. The molecule has 1 aliphatic rings. The van der Waals surface area contributed by atoms with Crippen LogP contribution in [0.25, 0.3) is 0 Å². The zero-order valence-corrected chi connectivity index (χ0v) is 10.5. The number of hydrogen-bond acceptors (Lipinski definition) is 1. The second-order valence-corrected chi connectivity index (χ2v) is 4.99. The summed E-state index contributed by atoms with van der Waals surface area (Å²) in [7, 11) is 0. The highest BCUT2D eigenvalue weighted by atomic mass is 35.5. The summed E-state index contributed by atoms with van der Waals surface area (Å²) in [6.07, 6.45) is -4.36. The van der Waals surface area contributed by atoms with Crippen LogP contribution in [0.3, 0.4) is 0 Å². The average molecular weight is 298 g/mol. The Morgan fingerprint density at radius 3 is 2.50 bits per heavy atom. The summed E-state index contributed by atoms with van der Waals surface area (Å²) in [5, 5.41) is -0.301. The molecule has 0 aliphatic carbocycles. The van der Waals surface area contributed by atoms with E-state index in [4.69, 9.17) is 23.2 Å². The van der Waals surface area contributed by atoms with Crippen LogP contribution in [0.5, 0.6) is 0 Å². The molecule has 1 heterocycles. The third kappa shape index (κ3) is 2.57. The Kier molecular flexibility index (Phi) is 3.47. The summed E-state index contributed by atoms with van der Waals surface area (Å²) in [4.78, 5) is 12.8. The van der Waals surface area contributed by atoms with Crippen LogP contribution in [0, 0.1) is 0 Å². The number of rotatable bonds is 1. The molecule has 1 aromatic carbocycles. The summed E-state index contributed by atoms with van der Waals surface area (Å²) >= 11 is 11.6. The molecule has 0 spiro atoms. The molecule has 1 amide bonds. The fourth-order valence-corrected chi connectivity index (χ4v) is 2.28. The monoisotopic (exact) mass is 297 g/mol. The second kappa shape index (κ2) is 4.63. The third-order valence-electron chi connectivity index (χ3n) is 2.64. The van der Waals surface area contributed by atoms with Gasteiger partial charge in [-0.3, -0.25) is 4.79 Å². The first-order valence-corrected chi connectivity index (χ1v) is 5.91. The van der Waals surface area contributed by atoms with Gasteiger partial charge in [0.2, 0.25) is 5.91 Å². The van der Waals surface area contributed by atoms with Crippen LogP contribution in [0.2, 0.25) is 5.02 Å². The maximum absolute atomic E-state index is 12.6. The van der Waals surface area contributed by atoms with Gasteiger partial charge in [0.25, 0.3) is 0 Å². The number of benzene rings is 1. The quantitative estimate of drug-likeness (QED) is 0.724. The van der Waals surface area contributed by atoms with Crippen LogP contribution in [0.15, 0.2) is 18.2 Å². The van der Waals surface area contributed by atoms with Gasteiger partial charge in [0.1, 0.15) is 0 Å². The smallest absolute Gasteiger partial charge is 0.309 e. The van der Waals surface area contributed by atoms with E-state index in [1.165, 1.54) is 4.90 Å². The number of nitrogens with zero attached hydrogens (tertiary/aromatic N) is 1. The molecular weight excluding hydrogens is 290 g/mol. The van der Waals surface area contributed by atoms with Crippen molar-refractivity contribution in [2.24, 2.45) is 0 Å². The molecule has 0 radical (unpaired) electrons. The molecule has 0 bridgehead atoms. The van der Waals surface area contributed by atoms with Gasteiger partial charge in [0.15, 0.2) is 0 Å². The standard InChI is InChI=1S/C11H8Cl2F3NO/c12-7-4-10(18)17(5-7)9-3-6(11(14,15)16)1-2-8(9)13/h1-3,7H,4-5H2. The Labute approximate surface area is 111 Å². The first kappa shape index (κ1) is 13.5. The van der Waals surface area contributed by atoms with Crippen LogP contribution < -0.4 is 4.90 Å². The summed E-state index contributed by atoms with van der Waals surface area (Å²) in [5.74, 6) is -0.323. The van der Waals surface area contributed by atoms with E-state index in [0.717, 1.165) is 18.2 Å². The minimum Gasteiger partial charge on any atom is -0.309 e. The zero-order valence-electron chi connectivity index (χ0n) is 8.97. The maximum atomic E-state index is 12.6. The zero-order chi connectivity index (χ0) is 13.5. The van der Waals surface area contributed by atoms with Crippen LogP contribution in [0.1, 0.15) is 12.0 Å². The van der Waals surface area contributed by atoms with Crippen molar-refractivity contribution in [2.45, 2.75) is 18.0 Å². The van der Waals surface area contributed by atoms with Crippen molar-refractivity contribution in [3.63, 3.8) is 0 Å². The molecule has 1 fully saturated rings. The van der Waals surface area contributed by atoms with E-state index >= 15 is 0 Å². The van der Waals surface area contributed by atoms with Crippen molar-refractivity contribution in [1.29, 1.82) is 0 Å². The highest BCUT2D eigenvalue weighted by Gasteiger charge is 2.34. The maximum Gasteiger partial charge on any atom is 0.416 e. The lowest BCUT2D eigenvalue weighted by Crippen LogP contribution is -2.25. The molecule has 2 nitrogen and oxygen atoms in total. The van der Waals surface area contributed by atoms with E-state index in [0.29, 0.717) is 0 Å². The highest BCUT2D eigenvalue weighted by molar-refractivity contribution is 6.34. The molecule has 1 aromatic rings. The number of alkyl halides is 4. The Morgan fingerprint density at radius 1 is 1.33 bits per heavy atom. The van der Waals surface area contributed by atoms with Crippen LogP contribution in [0.4, 0.5) is 18.9 Å². The molecule has 18 heavy (non-hydrogen) atoms. The lowest BCUT2D eigenvalue weighted by Gasteiger charge is -2.19. The van der Waals surface area contributed by atoms with Crippen molar-refractivity contribution >= 4 is 34.8 Å². The van der Waals surface area contributed by atoms with Crippen LogP contribution in [-0.4, -0.2) is 17.8 Å². The van der Waals surface area contributed by atoms with E-state index in [1.54, 1.807) is 0 Å². The minimum atomic E-state index is -4.47. The van der Waals surface area contributed by atoms with Gasteiger partial charge < -0.3 is 4.90 Å². The van der Waals surface area contributed by atoms with Crippen molar-refractivity contribution < 1.29 is 18.0 Å². The Bertz CT molecular complexity index is 490. The van der Waals surface area contributed by atoms with Gasteiger partial charge in [-0.05, 0) is 18.2 Å². The van der Waals surface area contributed by atoms with Gasteiger partial charge in [-0.25, -0.2) is 0 Å². The number of amides is 1. The lowest BCUT2D eigenvalue weighted by molar-refractivity contribution is -0.137. The first-order valence-electron chi connectivity index (χ1n) is 5.10. The van der Waals surface area contributed by atoms with E-state index in [1.807, 2.05) is 0 Å². The number of hydrogen-bond donors (Lipinski definition) is 0. The summed E-state index contributed by atoms with van der Waals surface area (Å²) in [5.41, 5.74) is -0.785. The van der Waals surface area contributed by atoms with Gasteiger partial charge in [0.05, 0.1) is 21.7 Å². The molecule has 1 aliphatic heterocycles. The van der Waals surface area contributed by atoms with Gasteiger partial charge in [-0.1, -0.05) is 11.6 Å². The molecule has 1 saturated heterocycles. The van der Waals surface area contributed by atoms with E-state index in [9.17, 15) is 18.0 Å². The van der Waals surface area contributed by atoms with Gasteiger partial charge in [-0.15, -0.1) is 11.6 Å². The highest BCUT2D eigenvalue weighted by Crippen LogP contribution is 2.37. The Hall–Kier alpha value is -0.940. The lowest BCUT2D eigenvalue weighted by atomic mass is 10.2. The normalized spacial score (nSPS) is 20.6. The topological polar surface area (TPSA) is 20.3 Å². The van der Waals surface area contributed by atoms with Crippen molar-refractivity contribution in [3.05, 3.63) is 28.8 Å².